The monoisotopic (exact) mass is 298 g/mol. The number of carbonyl (C=O) groups excluding carboxylic acids is 2. The summed E-state index contributed by atoms with van der Waals surface area (Å²) in [6.07, 6.45) is 6.76. The van der Waals surface area contributed by atoms with Crippen LogP contribution in [0.25, 0.3) is 0 Å². The van der Waals surface area contributed by atoms with Gasteiger partial charge in [-0.2, -0.15) is 0 Å². The lowest BCUT2D eigenvalue weighted by molar-refractivity contribution is -0.123. The summed E-state index contributed by atoms with van der Waals surface area (Å²) < 4.78 is 0. The second-order valence-corrected chi connectivity index (χ2v) is 6.25. The van der Waals surface area contributed by atoms with Crippen LogP contribution in [-0.2, 0) is 16.0 Å². The predicted octanol–water partition coefficient (Wildman–Crippen LogP) is 2.31. The number of hydrogen-bond acceptors (Lipinski definition) is 2. The van der Waals surface area contributed by atoms with Crippen molar-refractivity contribution in [3.05, 3.63) is 47.7 Å². The van der Waals surface area contributed by atoms with Crippen LogP contribution in [0.4, 0.5) is 0 Å². The largest absolute Gasteiger partial charge is 0.355 e. The number of fused-ring (bicyclic) bond motifs is 1. The Morgan fingerprint density at radius 3 is 2.86 bits per heavy atom. The van der Waals surface area contributed by atoms with E-state index in [4.69, 9.17) is 0 Å². The third-order valence-electron chi connectivity index (χ3n) is 4.75. The van der Waals surface area contributed by atoms with Gasteiger partial charge in [0.1, 0.15) is 0 Å². The van der Waals surface area contributed by atoms with Crippen molar-refractivity contribution in [1.29, 1.82) is 0 Å². The first-order valence-corrected chi connectivity index (χ1v) is 7.99. The van der Waals surface area contributed by atoms with Gasteiger partial charge in [-0.15, -0.1) is 0 Å². The second-order valence-electron chi connectivity index (χ2n) is 6.25. The molecule has 1 aliphatic carbocycles. The van der Waals surface area contributed by atoms with E-state index in [1.165, 1.54) is 5.56 Å². The van der Waals surface area contributed by atoms with Crippen molar-refractivity contribution in [2.24, 2.45) is 5.41 Å². The minimum atomic E-state index is -0.0453. The van der Waals surface area contributed by atoms with E-state index in [2.05, 4.69) is 16.7 Å². The van der Waals surface area contributed by atoms with Crippen molar-refractivity contribution in [2.45, 2.75) is 38.5 Å². The van der Waals surface area contributed by atoms with Crippen LogP contribution in [0.3, 0.4) is 0 Å². The normalized spacial score (nSPS) is 23.5. The SMILES string of the molecule is O=C(CCc1ccccc1)NCC12CCC=C1NC(=O)CC2. The maximum atomic E-state index is 12.1. The van der Waals surface area contributed by atoms with Gasteiger partial charge in [0.15, 0.2) is 0 Å². The van der Waals surface area contributed by atoms with E-state index in [9.17, 15) is 9.59 Å². The van der Waals surface area contributed by atoms with Crippen LogP contribution in [0.5, 0.6) is 0 Å². The average Bonchev–Trinajstić information content (AvgIpc) is 2.95. The van der Waals surface area contributed by atoms with Gasteiger partial charge in [0, 0.05) is 30.5 Å². The zero-order valence-corrected chi connectivity index (χ0v) is 12.7. The Morgan fingerprint density at radius 1 is 1.23 bits per heavy atom. The van der Waals surface area contributed by atoms with Gasteiger partial charge >= 0.3 is 0 Å². The number of rotatable bonds is 5. The number of nitrogens with one attached hydrogen (secondary N) is 2. The molecule has 116 valence electrons. The fourth-order valence-corrected chi connectivity index (χ4v) is 3.38. The van der Waals surface area contributed by atoms with Gasteiger partial charge in [0.2, 0.25) is 11.8 Å². The van der Waals surface area contributed by atoms with Crippen molar-refractivity contribution in [3.63, 3.8) is 0 Å². The molecule has 0 spiro atoms. The van der Waals surface area contributed by atoms with Crippen molar-refractivity contribution >= 4 is 11.8 Å². The molecule has 22 heavy (non-hydrogen) atoms. The molecule has 1 aromatic rings. The molecule has 1 heterocycles. The topological polar surface area (TPSA) is 58.2 Å². The molecular weight excluding hydrogens is 276 g/mol. The first-order chi connectivity index (χ1) is 10.7. The van der Waals surface area contributed by atoms with E-state index in [0.29, 0.717) is 19.4 Å². The number of carbonyl (C=O) groups is 2. The molecular formula is C18H22N2O2. The van der Waals surface area contributed by atoms with Crippen LogP contribution in [0.15, 0.2) is 42.1 Å². The summed E-state index contributed by atoms with van der Waals surface area (Å²) in [5.41, 5.74) is 2.16. The van der Waals surface area contributed by atoms with Gasteiger partial charge in [-0.3, -0.25) is 9.59 Å². The Labute approximate surface area is 131 Å². The quantitative estimate of drug-likeness (QED) is 0.876. The Kier molecular flexibility index (Phi) is 4.27. The van der Waals surface area contributed by atoms with E-state index in [1.54, 1.807) is 0 Å². The van der Waals surface area contributed by atoms with Crippen LogP contribution < -0.4 is 10.6 Å². The summed E-state index contributed by atoms with van der Waals surface area (Å²) in [4.78, 5) is 23.6. The van der Waals surface area contributed by atoms with Crippen LogP contribution in [0.1, 0.15) is 37.7 Å². The molecule has 4 heteroatoms. The van der Waals surface area contributed by atoms with Crippen molar-refractivity contribution in [1.82, 2.24) is 10.6 Å². The standard InChI is InChI=1S/C18H22N2O2/c21-16(9-8-14-5-2-1-3-6-14)19-13-18-11-4-7-15(18)20-17(22)10-12-18/h1-3,5-7H,4,8-13H2,(H,19,21)(H,20,22). The third kappa shape index (κ3) is 3.21. The highest BCUT2D eigenvalue weighted by Crippen LogP contribution is 2.43. The summed E-state index contributed by atoms with van der Waals surface area (Å²) >= 11 is 0. The maximum absolute atomic E-state index is 12.1. The summed E-state index contributed by atoms with van der Waals surface area (Å²) in [6, 6.07) is 10.0. The molecule has 2 amide bonds. The van der Waals surface area contributed by atoms with E-state index in [1.807, 2.05) is 30.3 Å². The van der Waals surface area contributed by atoms with Crippen molar-refractivity contribution in [2.75, 3.05) is 6.54 Å². The Bertz CT molecular complexity index is 594. The lowest BCUT2D eigenvalue weighted by Crippen LogP contribution is -2.46. The van der Waals surface area contributed by atoms with Gasteiger partial charge in [0.25, 0.3) is 0 Å². The van der Waals surface area contributed by atoms with Crippen LogP contribution in [0, 0.1) is 5.41 Å². The van der Waals surface area contributed by atoms with Gasteiger partial charge in [-0.1, -0.05) is 36.4 Å². The highest BCUT2D eigenvalue weighted by molar-refractivity contribution is 5.80. The maximum Gasteiger partial charge on any atom is 0.224 e. The predicted molar refractivity (Wildman–Crippen MR) is 84.9 cm³/mol. The molecule has 1 aromatic carbocycles. The summed E-state index contributed by atoms with van der Waals surface area (Å²) in [5.74, 6) is 0.181. The van der Waals surface area contributed by atoms with Crippen LogP contribution in [0.2, 0.25) is 0 Å². The first kappa shape index (κ1) is 14.8. The van der Waals surface area contributed by atoms with Gasteiger partial charge in [-0.25, -0.2) is 0 Å². The fourth-order valence-electron chi connectivity index (χ4n) is 3.38. The molecule has 4 nitrogen and oxygen atoms in total. The van der Waals surface area contributed by atoms with Crippen LogP contribution in [-0.4, -0.2) is 18.4 Å². The number of hydrogen-bond donors (Lipinski definition) is 2. The van der Waals surface area contributed by atoms with E-state index in [-0.39, 0.29) is 17.2 Å². The molecule has 0 bridgehead atoms. The van der Waals surface area contributed by atoms with Gasteiger partial charge in [0.05, 0.1) is 0 Å². The molecule has 1 saturated heterocycles. The number of piperidine rings is 1. The molecule has 1 fully saturated rings. The lowest BCUT2D eigenvalue weighted by Gasteiger charge is -2.36. The second kappa shape index (κ2) is 6.34. The van der Waals surface area contributed by atoms with Crippen molar-refractivity contribution < 1.29 is 9.59 Å². The zero-order chi connectivity index (χ0) is 15.4. The van der Waals surface area contributed by atoms with E-state index < -0.39 is 0 Å². The molecule has 0 radical (unpaired) electrons. The molecule has 0 aromatic heterocycles. The summed E-state index contributed by atoms with van der Waals surface area (Å²) in [6.45, 7) is 0.632. The molecule has 1 unspecified atom stereocenters. The van der Waals surface area contributed by atoms with E-state index in [0.717, 1.165) is 31.4 Å². The average molecular weight is 298 g/mol. The Hall–Kier alpha value is -2.10. The number of amides is 2. The van der Waals surface area contributed by atoms with Crippen LogP contribution >= 0.6 is 0 Å². The minimum absolute atomic E-state index is 0.0453. The molecule has 2 N–H and O–H groups in total. The fraction of sp³-hybridized carbons (Fsp3) is 0.444. The first-order valence-electron chi connectivity index (χ1n) is 7.99. The highest BCUT2D eigenvalue weighted by atomic mass is 16.2. The molecule has 0 saturated carbocycles. The summed E-state index contributed by atoms with van der Waals surface area (Å²) in [5, 5.41) is 6.04. The minimum Gasteiger partial charge on any atom is -0.355 e. The highest BCUT2D eigenvalue weighted by Gasteiger charge is 2.41. The van der Waals surface area contributed by atoms with Gasteiger partial charge in [-0.05, 0) is 31.2 Å². The zero-order valence-electron chi connectivity index (χ0n) is 12.7. The Balaban J connectivity index is 1.50. The molecule has 1 aliphatic heterocycles. The Morgan fingerprint density at radius 2 is 2.05 bits per heavy atom. The third-order valence-corrected chi connectivity index (χ3v) is 4.75. The lowest BCUT2D eigenvalue weighted by atomic mass is 9.77. The van der Waals surface area contributed by atoms with Crippen molar-refractivity contribution in [3.8, 4) is 0 Å². The number of allylic oxidation sites excluding steroid dienone is 1. The summed E-state index contributed by atoms with van der Waals surface area (Å²) in [7, 11) is 0. The molecule has 3 rings (SSSR count). The molecule has 1 atom stereocenters. The number of benzene rings is 1. The molecule has 2 aliphatic rings. The number of aryl methyl sites for hydroxylation is 1. The smallest absolute Gasteiger partial charge is 0.224 e. The van der Waals surface area contributed by atoms with Gasteiger partial charge < -0.3 is 10.6 Å². The van der Waals surface area contributed by atoms with E-state index >= 15 is 0 Å².